The van der Waals surface area contributed by atoms with E-state index in [2.05, 4.69) is 37.7 Å². The number of benzene rings is 1. The predicted molar refractivity (Wildman–Crippen MR) is 91.9 cm³/mol. The molecule has 1 heterocycles. The highest BCUT2D eigenvalue weighted by molar-refractivity contribution is 5.39. The Morgan fingerprint density at radius 3 is 1.70 bits per heavy atom. The van der Waals surface area contributed by atoms with Gasteiger partial charge in [0.2, 0.25) is 0 Å². The van der Waals surface area contributed by atoms with E-state index in [9.17, 15) is 0 Å². The summed E-state index contributed by atoms with van der Waals surface area (Å²) in [5, 5.41) is 0. The van der Waals surface area contributed by atoms with E-state index in [1.54, 1.807) is 0 Å². The standard InChI is InChI=1S/C18H30N2O3/c1-5-19(3)17-11-13-21-14-12-18(20(4)6-2)23-16-10-8-7-9-15(16)22-17/h7-10,17-18H,5-6,11-14H2,1-4H3. The molecule has 1 aliphatic rings. The summed E-state index contributed by atoms with van der Waals surface area (Å²) < 4.78 is 18.3. The van der Waals surface area contributed by atoms with Crippen LogP contribution in [0.15, 0.2) is 24.3 Å². The molecule has 2 unspecified atom stereocenters. The highest BCUT2D eigenvalue weighted by Gasteiger charge is 2.22. The topological polar surface area (TPSA) is 34.2 Å². The average molecular weight is 322 g/mol. The molecule has 0 bridgehead atoms. The number of hydrogen-bond donors (Lipinski definition) is 0. The molecular formula is C18H30N2O3. The van der Waals surface area contributed by atoms with E-state index in [-0.39, 0.29) is 12.5 Å². The van der Waals surface area contributed by atoms with Crippen molar-refractivity contribution >= 4 is 0 Å². The molecule has 0 spiro atoms. The largest absolute Gasteiger partial charge is 0.471 e. The van der Waals surface area contributed by atoms with Gasteiger partial charge in [0, 0.05) is 12.8 Å². The molecule has 2 rings (SSSR count). The predicted octanol–water partition coefficient (Wildman–Crippen LogP) is 2.81. The Labute approximate surface area is 140 Å². The maximum absolute atomic E-state index is 6.24. The summed E-state index contributed by atoms with van der Waals surface area (Å²) in [6.45, 7) is 7.50. The number of rotatable bonds is 4. The van der Waals surface area contributed by atoms with E-state index in [0.29, 0.717) is 13.2 Å². The molecule has 0 N–H and O–H groups in total. The van der Waals surface area contributed by atoms with Crippen molar-refractivity contribution in [2.24, 2.45) is 0 Å². The normalized spacial score (nSPS) is 22.9. The van der Waals surface area contributed by atoms with E-state index in [1.165, 1.54) is 0 Å². The summed E-state index contributed by atoms with van der Waals surface area (Å²) in [5.41, 5.74) is 0. The van der Waals surface area contributed by atoms with Gasteiger partial charge in [0.05, 0.1) is 13.2 Å². The Morgan fingerprint density at radius 2 is 1.30 bits per heavy atom. The molecule has 130 valence electrons. The fourth-order valence-corrected chi connectivity index (χ4v) is 2.55. The molecule has 0 aromatic heterocycles. The molecule has 5 nitrogen and oxygen atoms in total. The lowest BCUT2D eigenvalue weighted by molar-refractivity contribution is 0.00534. The van der Waals surface area contributed by atoms with E-state index in [0.717, 1.165) is 37.4 Å². The maximum Gasteiger partial charge on any atom is 0.163 e. The zero-order valence-corrected chi connectivity index (χ0v) is 14.8. The number of ether oxygens (including phenoxy) is 3. The molecule has 0 saturated carbocycles. The molecule has 0 radical (unpaired) electrons. The lowest BCUT2D eigenvalue weighted by Crippen LogP contribution is -2.37. The molecule has 1 aromatic rings. The lowest BCUT2D eigenvalue weighted by Gasteiger charge is -2.29. The zero-order valence-electron chi connectivity index (χ0n) is 14.8. The minimum Gasteiger partial charge on any atom is -0.471 e. The Kier molecular flexibility index (Phi) is 7.15. The van der Waals surface area contributed by atoms with Crippen LogP contribution >= 0.6 is 0 Å². The first-order valence-electron chi connectivity index (χ1n) is 8.56. The van der Waals surface area contributed by atoms with Crippen LogP contribution in [0.5, 0.6) is 11.5 Å². The van der Waals surface area contributed by atoms with Crippen molar-refractivity contribution in [2.75, 3.05) is 40.4 Å². The molecule has 0 fully saturated rings. The number of hydrogen-bond acceptors (Lipinski definition) is 5. The van der Waals surface area contributed by atoms with Crippen LogP contribution in [0.25, 0.3) is 0 Å². The van der Waals surface area contributed by atoms with Gasteiger partial charge in [-0.25, -0.2) is 0 Å². The Bertz CT molecular complexity index is 428. The second-order valence-electron chi connectivity index (χ2n) is 5.93. The van der Waals surface area contributed by atoms with Crippen LogP contribution in [0, 0.1) is 0 Å². The van der Waals surface area contributed by atoms with Crippen LogP contribution in [0.4, 0.5) is 0 Å². The van der Waals surface area contributed by atoms with Gasteiger partial charge >= 0.3 is 0 Å². The first-order valence-corrected chi connectivity index (χ1v) is 8.56. The van der Waals surface area contributed by atoms with Crippen LogP contribution in [-0.2, 0) is 4.74 Å². The van der Waals surface area contributed by atoms with Crippen molar-refractivity contribution < 1.29 is 14.2 Å². The molecular weight excluding hydrogens is 292 g/mol. The van der Waals surface area contributed by atoms with Crippen LogP contribution in [0.3, 0.4) is 0 Å². The number of para-hydroxylation sites is 2. The average Bonchev–Trinajstić information content (AvgIpc) is 2.62. The smallest absolute Gasteiger partial charge is 0.163 e. The summed E-state index contributed by atoms with van der Waals surface area (Å²) >= 11 is 0. The van der Waals surface area contributed by atoms with Crippen LogP contribution in [0.1, 0.15) is 26.7 Å². The monoisotopic (exact) mass is 322 g/mol. The van der Waals surface area contributed by atoms with Gasteiger partial charge in [-0.2, -0.15) is 0 Å². The second-order valence-corrected chi connectivity index (χ2v) is 5.93. The maximum atomic E-state index is 6.24. The van der Waals surface area contributed by atoms with Crippen molar-refractivity contribution in [2.45, 2.75) is 39.1 Å². The molecule has 1 aliphatic heterocycles. The third-order valence-electron chi connectivity index (χ3n) is 4.37. The molecule has 5 heteroatoms. The van der Waals surface area contributed by atoms with Gasteiger partial charge in [-0.15, -0.1) is 0 Å². The van der Waals surface area contributed by atoms with Crippen molar-refractivity contribution in [1.82, 2.24) is 9.80 Å². The fourth-order valence-electron chi connectivity index (χ4n) is 2.55. The van der Waals surface area contributed by atoms with Crippen molar-refractivity contribution in [3.63, 3.8) is 0 Å². The van der Waals surface area contributed by atoms with E-state index >= 15 is 0 Å². The Hall–Kier alpha value is -1.30. The molecule has 2 atom stereocenters. The quantitative estimate of drug-likeness (QED) is 0.851. The second kappa shape index (κ2) is 9.11. The van der Waals surface area contributed by atoms with Gasteiger partial charge in [0.25, 0.3) is 0 Å². The van der Waals surface area contributed by atoms with E-state index in [1.807, 2.05) is 24.3 Å². The summed E-state index contributed by atoms with van der Waals surface area (Å²) in [4.78, 5) is 4.38. The summed E-state index contributed by atoms with van der Waals surface area (Å²) in [6, 6.07) is 7.93. The van der Waals surface area contributed by atoms with Crippen LogP contribution in [-0.4, -0.2) is 62.7 Å². The van der Waals surface area contributed by atoms with E-state index < -0.39 is 0 Å². The van der Waals surface area contributed by atoms with E-state index in [4.69, 9.17) is 14.2 Å². The van der Waals surface area contributed by atoms with Crippen LogP contribution in [0.2, 0.25) is 0 Å². The molecule has 23 heavy (non-hydrogen) atoms. The van der Waals surface area contributed by atoms with Gasteiger partial charge < -0.3 is 14.2 Å². The lowest BCUT2D eigenvalue weighted by atomic mass is 10.3. The zero-order chi connectivity index (χ0) is 16.7. The highest BCUT2D eigenvalue weighted by atomic mass is 16.6. The summed E-state index contributed by atoms with van der Waals surface area (Å²) in [7, 11) is 4.14. The molecule has 1 aromatic carbocycles. The van der Waals surface area contributed by atoms with Crippen molar-refractivity contribution in [3.05, 3.63) is 24.3 Å². The van der Waals surface area contributed by atoms with Gasteiger partial charge in [0.15, 0.2) is 24.0 Å². The Morgan fingerprint density at radius 1 is 0.870 bits per heavy atom. The third kappa shape index (κ3) is 5.09. The first-order chi connectivity index (χ1) is 11.2. The highest BCUT2D eigenvalue weighted by Crippen LogP contribution is 2.30. The number of nitrogens with zero attached hydrogens (tertiary/aromatic N) is 2. The summed E-state index contributed by atoms with van der Waals surface area (Å²) in [6.07, 6.45) is 1.66. The van der Waals surface area contributed by atoms with Gasteiger partial charge in [-0.1, -0.05) is 26.0 Å². The van der Waals surface area contributed by atoms with Crippen molar-refractivity contribution in [1.29, 1.82) is 0 Å². The van der Waals surface area contributed by atoms with Crippen LogP contribution < -0.4 is 9.47 Å². The van der Waals surface area contributed by atoms with Crippen molar-refractivity contribution in [3.8, 4) is 11.5 Å². The Balaban J connectivity index is 2.24. The molecule has 0 aliphatic carbocycles. The molecule has 0 amide bonds. The number of fused-ring (bicyclic) bond motifs is 1. The van der Waals surface area contributed by atoms with Gasteiger partial charge in [-0.05, 0) is 39.3 Å². The summed E-state index contributed by atoms with van der Waals surface area (Å²) in [5.74, 6) is 1.60. The van der Waals surface area contributed by atoms with Gasteiger partial charge in [0.1, 0.15) is 0 Å². The van der Waals surface area contributed by atoms with Gasteiger partial charge in [-0.3, -0.25) is 9.80 Å². The fraction of sp³-hybridized carbons (Fsp3) is 0.667. The third-order valence-corrected chi connectivity index (χ3v) is 4.37. The first kappa shape index (κ1) is 18.0. The molecule has 0 saturated heterocycles. The minimum absolute atomic E-state index is 0.00907. The SMILES string of the molecule is CCN(C)C1CCOCCC(N(C)CC)Oc2ccccc2O1. The minimum atomic E-state index is -0.00907.